The van der Waals surface area contributed by atoms with Gasteiger partial charge in [-0.05, 0) is 6.16 Å². The number of carbonyl (C=O) groups excluding carboxylic acids is 1. The first-order chi connectivity index (χ1) is 7.27. The van der Waals surface area contributed by atoms with E-state index in [1.807, 2.05) is 0 Å². The Labute approximate surface area is 141 Å². The number of carboxylic acid groups (broad SMARTS) is 2. The van der Waals surface area contributed by atoms with Gasteiger partial charge in [-0.3, -0.25) is 0 Å². The summed E-state index contributed by atoms with van der Waals surface area (Å²) >= 11 is 0. The average molecular weight is 309 g/mol. The van der Waals surface area contributed by atoms with Gasteiger partial charge in [-0.2, -0.15) is 0 Å². The van der Waals surface area contributed by atoms with Crippen molar-refractivity contribution in [3.63, 3.8) is 0 Å². The monoisotopic (exact) mass is 309 g/mol. The van der Waals surface area contributed by atoms with E-state index in [-0.39, 0.29) is 52.4 Å². The van der Waals surface area contributed by atoms with Crippen LogP contribution < -0.4 is 39.8 Å². The van der Waals surface area contributed by atoms with Gasteiger partial charge in [-0.1, -0.05) is 0 Å². The molecule has 0 aromatic rings. The maximum Gasteiger partial charge on any atom is 3.00 e. The normalized spacial score (nSPS) is 14.8. The van der Waals surface area contributed by atoms with E-state index in [9.17, 15) is 0 Å². The Morgan fingerprint density at radius 2 is 1.05 bits per heavy atom. The molecule has 0 aromatic heterocycles. The van der Waals surface area contributed by atoms with Crippen molar-refractivity contribution in [1.82, 2.24) is 0 Å². The molecule has 0 saturated carbocycles. The fraction of sp³-hybridized carbons (Fsp3) is 0.857. The minimum Gasteiger partial charge on any atom is -0.870 e. The van der Waals surface area contributed by atoms with Gasteiger partial charge in [-0.25, -0.2) is 0 Å². The molecule has 0 aliphatic rings. The van der Waals surface area contributed by atoms with Gasteiger partial charge in [0.2, 0.25) is 0 Å². The van der Waals surface area contributed by atoms with E-state index >= 15 is 0 Å². The Morgan fingerprint density at radius 1 is 0.895 bits per heavy atom. The first-order valence-corrected chi connectivity index (χ1v) is 4.09. The van der Waals surface area contributed by atoms with Gasteiger partial charge in [-0.15, -0.1) is 0 Å². The number of hydrogen-bond acceptors (Lipinski definition) is 10. The van der Waals surface area contributed by atoms with Crippen LogP contribution in [0.5, 0.6) is 0 Å². The number of aliphatic hydroxyl groups excluding tert-OH is 6. The van der Waals surface area contributed by atoms with Crippen LogP contribution in [0.4, 0.5) is 4.79 Å². The van der Waals surface area contributed by atoms with E-state index in [1.165, 1.54) is 0 Å². The molecule has 0 aromatic carbocycles. The molecule has 0 bridgehead atoms. The number of carbonyl (C=O) groups is 1. The van der Waals surface area contributed by atoms with Gasteiger partial charge in [0.15, 0.2) is 0 Å². The summed E-state index contributed by atoms with van der Waals surface area (Å²) in [4.78, 5) is 8.33. The zero-order valence-corrected chi connectivity index (χ0v) is 13.3. The summed E-state index contributed by atoms with van der Waals surface area (Å²) in [5.74, 6) is 0. The Bertz CT molecular complexity index is 179. The van der Waals surface area contributed by atoms with Gasteiger partial charge < -0.3 is 51.1 Å². The van der Waals surface area contributed by atoms with Crippen molar-refractivity contribution < 1.29 is 80.7 Å². The molecule has 0 saturated heterocycles. The molecule has 7 N–H and O–H groups in total. The molecule has 12 heteroatoms. The first kappa shape index (κ1) is 31.8. The minimum atomic E-state index is -2.33. The zero-order chi connectivity index (χ0) is 13.3. The third-order valence-electron chi connectivity index (χ3n) is 1.51. The molecule has 0 spiro atoms. The Hall–Kier alpha value is 0.522. The van der Waals surface area contributed by atoms with Gasteiger partial charge in [0.05, 0.1) is 13.2 Å². The van der Waals surface area contributed by atoms with E-state index in [0.717, 1.165) is 0 Å². The molecular weight excluding hydrogens is 294 g/mol. The van der Waals surface area contributed by atoms with Crippen LogP contribution >= 0.6 is 0 Å². The molecule has 0 aliphatic carbocycles. The van der Waals surface area contributed by atoms with Crippen LogP contribution in [0.2, 0.25) is 0 Å². The van der Waals surface area contributed by atoms with Crippen LogP contribution in [0.1, 0.15) is 0 Å². The predicted octanol–water partition coefficient (Wildman–Crippen LogP) is -9.59. The Kier molecular flexibility index (Phi) is 31.0. The van der Waals surface area contributed by atoms with Crippen LogP contribution in [-0.4, -0.2) is 97.3 Å². The second kappa shape index (κ2) is 18.5. The molecule has 0 fully saturated rings. The molecule has 0 radical (unpaired) electrons. The van der Waals surface area contributed by atoms with Crippen molar-refractivity contribution in [2.24, 2.45) is 0 Å². The van der Waals surface area contributed by atoms with Crippen molar-refractivity contribution in [2.45, 2.75) is 24.4 Å². The molecule has 0 rings (SSSR count). The summed E-state index contributed by atoms with van der Waals surface area (Å²) in [6.45, 7) is -1.45. The quantitative estimate of drug-likeness (QED) is 0.263. The molecule has 106 valence electrons. The van der Waals surface area contributed by atoms with E-state index < -0.39 is 43.8 Å². The van der Waals surface area contributed by atoms with Crippen LogP contribution in [0.3, 0.4) is 0 Å². The molecule has 10 nitrogen and oxygen atoms in total. The van der Waals surface area contributed by atoms with Crippen molar-refractivity contribution in [1.29, 1.82) is 0 Å². The van der Waals surface area contributed by atoms with Crippen molar-refractivity contribution in [2.75, 3.05) is 13.2 Å². The minimum absolute atomic E-state index is 0. The van der Waals surface area contributed by atoms with E-state index in [0.29, 0.717) is 0 Å². The maximum atomic E-state index is 8.96. The summed E-state index contributed by atoms with van der Waals surface area (Å²) in [7, 11) is 0. The van der Waals surface area contributed by atoms with Crippen LogP contribution in [0, 0.1) is 0 Å². The third-order valence-corrected chi connectivity index (χ3v) is 1.51. The SMILES string of the molecule is O=C([O-])[O-].OCC(O)C(O)C(O)C(O)CO.[Al+3].[Na+].[OH-]. The second-order valence-corrected chi connectivity index (χ2v) is 2.73. The van der Waals surface area contributed by atoms with Gasteiger partial charge in [0.25, 0.3) is 0 Å². The van der Waals surface area contributed by atoms with Crippen molar-refractivity contribution in [3.8, 4) is 0 Å². The fourth-order valence-corrected chi connectivity index (χ4v) is 0.671. The maximum absolute atomic E-state index is 8.96. The molecule has 0 heterocycles. The van der Waals surface area contributed by atoms with Gasteiger partial charge >= 0.3 is 46.9 Å². The Morgan fingerprint density at radius 3 is 1.16 bits per heavy atom. The largest absolute Gasteiger partial charge is 3.00 e. The number of rotatable bonds is 5. The zero-order valence-electron chi connectivity index (χ0n) is 10.2. The standard InChI is InChI=1S/C6H14O6.CH2O3.Al.Na.H2O/c7-1-3(9)5(11)6(12)4(10)2-8;2-1(3)4;;;/h3-12H,1-2H2;(H2,2,3,4);;;1H2/q;;+3;+1;/p-3. The van der Waals surface area contributed by atoms with E-state index in [1.54, 1.807) is 0 Å². The van der Waals surface area contributed by atoms with E-state index in [2.05, 4.69) is 0 Å². The summed E-state index contributed by atoms with van der Waals surface area (Å²) in [5.41, 5.74) is 0. The third kappa shape index (κ3) is 18.5. The summed E-state index contributed by atoms with van der Waals surface area (Å²) in [6.07, 6.45) is -8.73. The van der Waals surface area contributed by atoms with E-state index in [4.69, 9.17) is 45.6 Å². The molecule has 4 atom stereocenters. The predicted molar refractivity (Wildman–Crippen MR) is 51.3 cm³/mol. The molecule has 19 heavy (non-hydrogen) atoms. The number of aliphatic hydroxyl groups is 6. The smallest absolute Gasteiger partial charge is 0.870 e. The van der Waals surface area contributed by atoms with Crippen LogP contribution in [0.25, 0.3) is 0 Å². The van der Waals surface area contributed by atoms with Crippen molar-refractivity contribution in [3.05, 3.63) is 0 Å². The topological polar surface area (TPSA) is 215 Å². The molecule has 0 aliphatic heterocycles. The van der Waals surface area contributed by atoms with Crippen LogP contribution in [0.15, 0.2) is 0 Å². The van der Waals surface area contributed by atoms with Crippen molar-refractivity contribution >= 4 is 23.5 Å². The first-order valence-electron chi connectivity index (χ1n) is 4.09. The molecule has 4 unspecified atom stereocenters. The Balaban J connectivity index is -0.0000000827. The van der Waals surface area contributed by atoms with Crippen LogP contribution in [-0.2, 0) is 0 Å². The summed E-state index contributed by atoms with van der Waals surface area (Å²) < 4.78 is 0. The van der Waals surface area contributed by atoms with Gasteiger partial charge in [0, 0.05) is 0 Å². The summed E-state index contributed by atoms with van der Waals surface area (Å²) in [6, 6.07) is 0. The average Bonchev–Trinajstić information content (AvgIpc) is 2.24. The fourth-order valence-electron chi connectivity index (χ4n) is 0.671. The van der Waals surface area contributed by atoms with Gasteiger partial charge in [0.1, 0.15) is 24.4 Å². The second-order valence-electron chi connectivity index (χ2n) is 2.73. The number of hydrogen-bond donors (Lipinski definition) is 6. The molecule has 0 amide bonds. The summed E-state index contributed by atoms with van der Waals surface area (Å²) in [5, 5.41) is 68.8. The molecular formula is C7H15AlNaO10+.